The van der Waals surface area contributed by atoms with Gasteiger partial charge in [0.2, 0.25) is 5.91 Å². The number of nitrogens with zero attached hydrogens (tertiary/aromatic N) is 1. The molecule has 120 valence electrons. The highest BCUT2D eigenvalue weighted by molar-refractivity contribution is 5.76. The third-order valence-corrected chi connectivity index (χ3v) is 4.85. The van der Waals surface area contributed by atoms with Crippen LogP contribution in [0.15, 0.2) is 0 Å². The van der Waals surface area contributed by atoms with Crippen LogP contribution in [0, 0.1) is 5.92 Å². The summed E-state index contributed by atoms with van der Waals surface area (Å²) in [6, 6.07) is 0.139. The van der Waals surface area contributed by atoms with Crippen LogP contribution >= 0.6 is 0 Å². The number of rotatable bonds is 4. The number of amides is 2. The Bertz CT molecular complexity index is 345. The fourth-order valence-electron chi connectivity index (χ4n) is 3.46. The summed E-state index contributed by atoms with van der Waals surface area (Å²) in [6.07, 6.45) is 9.67. The van der Waals surface area contributed by atoms with Crippen molar-refractivity contribution in [3.63, 3.8) is 0 Å². The van der Waals surface area contributed by atoms with Gasteiger partial charge in [0.15, 0.2) is 0 Å². The van der Waals surface area contributed by atoms with Crippen LogP contribution in [0.2, 0.25) is 0 Å². The number of piperidine rings is 1. The first-order valence-electron chi connectivity index (χ1n) is 8.31. The van der Waals surface area contributed by atoms with E-state index in [4.69, 9.17) is 0 Å². The van der Waals surface area contributed by atoms with Gasteiger partial charge < -0.3 is 15.0 Å². The van der Waals surface area contributed by atoms with Gasteiger partial charge in [-0.2, -0.15) is 0 Å². The molecule has 0 aromatic rings. The lowest BCUT2D eigenvalue weighted by Gasteiger charge is -2.32. The van der Waals surface area contributed by atoms with Crippen molar-refractivity contribution in [2.45, 2.75) is 63.8 Å². The van der Waals surface area contributed by atoms with Crippen molar-refractivity contribution >= 4 is 12.0 Å². The van der Waals surface area contributed by atoms with E-state index in [1.54, 1.807) is 0 Å². The number of nitrogens with one attached hydrogen (secondary N) is 1. The molecule has 1 saturated carbocycles. The molecule has 1 aliphatic heterocycles. The Labute approximate surface area is 127 Å². The van der Waals surface area contributed by atoms with Gasteiger partial charge in [0.25, 0.3) is 0 Å². The quantitative estimate of drug-likeness (QED) is 0.867. The monoisotopic (exact) mass is 296 g/mol. The highest BCUT2D eigenvalue weighted by Crippen LogP contribution is 2.27. The molecule has 2 amide bonds. The molecule has 0 spiro atoms. The molecule has 5 heteroatoms. The van der Waals surface area contributed by atoms with Crippen LogP contribution in [0.25, 0.3) is 0 Å². The van der Waals surface area contributed by atoms with Crippen LogP contribution in [0.5, 0.6) is 0 Å². The summed E-state index contributed by atoms with van der Waals surface area (Å²) in [4.78, 5) is 25.4. The molecule has 2 fully saturated rings. The van der Waals surface area contributed by atoms with Gasteiger partial charge in [-0.05, 0) is 25.2 Å². The lowest BCUT2D eigenvalue weighted by atomic mass is 9.86. The first-order valence-corrected chi connectivity index (χ1v) is 8.31. The van der Waals surface area contributed by atoms with E-state index in [2.05, 4.69) is 10.1 Å². The minimum absolute atomic E-state index is 0.139. The van der Waals surface area contributed by atoms with Crippen LogP contribution in [-0.2, 0) is 9.53 Å². The SMILES string of the molecule is COC(=O)NC1CCN(C(=O)CCC2CCCCC2)CC1. The van der Waals surface area contributed by atoms with Crippen molar-refractivity contribution in [1.29, 1.82) is 0 Å². The largest absolute Gasteiger partial charge is 0.453 e. The second-order valence-electron chi connectivity index (χ2n) is 6.33. The van der Waals surface area contributed by atoms with Crippen molar-refractivity contribution in [3.8, 4) is 0 Å². The van der Waals surface area contributed by atoms with Gasteiger partial charge in [0.05, 0.1) is 7.11 Å². The van der Waals surface area contributed by atoms with Gasteiger partial charge in [0.1, 0.15) is 0 Å². The van der Waals surface area contributed by atoms with Gasteiger partial charge in [-0.3, -0.25) is 4.79 Å². The molecule has 0 bridgehead atoms. The maximum Gasteiger partial charge on any atom is 0.407 e. The van der Waals surface area contributed by atoms with Gasteiger partial charge in [-0.1, -0.05) is 32.1 Å². The zero-order valence-corrected chi connectivity index (χ0v) is 13.1. The van der Waals surface area contributed by atoms with Crippen LogP contribution < -0.4 is 5.32 Å². The Morgan fingerprint density at radius 3 is 2.38 bits per heavy atom. The maximum atomic E-state index is 12.2. The molecule has 0 aromatic heterocycles. The molecule has 1 N–H and O–H groups in total. The second-order valence-corrected chi connectivity index (χ2v) is 6.33. The smallest absolute Gasteiger partial charge is 0.407 e. The summed E-state index contributed by atoms with van der Waals surface area (Å²) >= 11 is 0. The Balaban J connectivity index is 1.64. The van der Waals surface area contributed by atoms with E-state index in [1.807, 2.05) is 4.90 Å². The molecule has 2 rings (SSSR count). The van der Waals surface area contributed by atoms with E-state index in [9.17, 15) is 9.59 Å². The van der Waals surface area contributed by atoms with Gasteiger partial charge in [-0.15, -0.1) is 0 Å². The molecule has 21 heavy (non-hydrogen) atoms. The van der Waals surface area contributed by atoms with Crippen molar-refractivity contribution in [3.05, 3.63) is 0 Å². The third-order valence-electron chi connectivity index (χ3n) is 4.85. The van der Waals surface area contributed by atoms with Crippen molar-refractivity contribution in [2.24, 2.45) is 5.92 Å². The van der Waals surface area contributed by atoms with Crippen LogP contribution in [0.1, 0.15) is 57.8 Å². The average molecular weight is 296 g/mol. The molecule has 0 atom stereocenters. The van der Waals surface area contributed by atoms with E-state index >= 15 is 0 Å². The predicted molar refractivity (Wildman–Crippen MR) is 81.0 cm³/mol. The summed E-state index contributed by atoms with van der Waals surface area (Å²) in [5, 5.41) is 2.81. The maximum absolute atomic E-state index is 12.2. The average Bonchev–Trinajstić information content (AvgIpc) is 2.54. The van der Waals surface area contributed by atoms with Crippen LogP contribution in [-0.4, -0.2) is 43.1 Å². The Morgan fingerprint density at radius 2 is 1.76 bits per heavy atom. The second kappa shape index (κ2) is 8.25. The first kappa shape index (κ1) is 16.1. The lowest BCUT2D eigenvalue weighted by molar-refractivity contribution is -0.132. The number of ether oxygens (including phenoxy) is 1. The Hall–Kier alpha value is -1.26. The number of hydrogen-bond acceptors (Lipinski definition) is 3. The van der Waals surface area contributed by atoms with Crippen LogP contribution in [0.4, 0.5) is 4.79 Å². The summed E-state index contributed by atoms with van der Waals surface area (Å²) < 4.78 is 4.60. The zero-order chi connectivity index (χ0) is 15.1. The highest BCUT2D eigenvalue weighted by Gasteiger charge is 2.24. The van der Waals surface area contributed by atoms with E-state index < -0.39 is 0 Å². The Morgan fingerprint density at radius 1 is 1.10 bits per heavy atom. The highest BCUT2D eigenvalue weighted by atomic mass is 16.5. The summed E-state index contributed by atoms with van der Waals surface area (Å²) in [5.41, 5.74) is 0. The number of hydrogen-bond donors (Lipinski definition) is 1. The fourth-order valence-corrected chi connectivity index (χ4v) is 3.46. The lowest BCUT2D eigenvalue weighted by Crippen LogP contribution is -2.46. The molecule has 5 nitrogen and oxygen atoms in total. The number of carbonyl (C=O) groups excluding carboxylic acids is 2. The first-order chi connectivity index (χ1) is 10.2. The van der Waals surface area contributed by atoms with E-state index in [0.717, 1.165) is 38.3 Å². The molecule has 0 unspecified atom stereocenters. The zero-order valence-electron chi connectivity index (χ0n) is 13.1. The fraction of sp³-hybridized carbons (Fsp3) is 0.875. The normalized spacial score (nSPS) is 21.1. The van der Waals surface area contributed by atoms with Crippen molar-refractivity contribution in [2.75, 3.05) is 20.2 Å². The van der Waals surface area contributed by atoms with Crippen LogP contribution in [0.3, 0.4) is 0 Å². The molecule has 1 aliphatic carbocycles. The van der Waals surface area contributed by atoms with E-state index in [1.165, 1.54) is 39.2 Å². The standard InChI is InChI=1S/C16H28N2O3/c1-21-16(20)17-14-9-11-18(12-10-14)15(19)8-7-13-5-3-2-4-6-13/h13-14H,2-12H2,1H3,(H,17,20). The van der Waals surface area contributed by atoms with Crippen molar-refractivity contribution < 1.29 is 14.3 Å². The van der Waals surface area contributed by atoms with Gasteiger partial charge in [-0.25, -0.2) is 4.79 Å². The Kier molecular flexibility index (Phi) is 6.33. The number of alkyl carbamates (subject to hydrolysis) is 1. The molecule has 0 radical (unpaired) electrons. The molecule has 2 aliphatic rings. The van der Waals surface area contributed by atoms with E-state index in [-0.39, 0.29) is 18.0 Å². The summed E-state index contributed by atoms with van der Waals surface area (Å²) in [5.74, 6) is 1.05. The predicted octanol–water partition coefficient (Wildman–Crippen LogP) is 2.69. The topological polar surface area (TPSA) is 58.6 Å². The molecule has 1 heterocycles. The number of carbonyl (C=O) groups is 2. The number of likely N-dealkylation sites (tertiary alicyclic amines) is 1. The minimum atomic E-state index is -0.378. The van der Waals surface area contributed by atoms with Gasteiger partial charge >= 0.3 is 6.09 Å². The van der Waals surface area contributed by atoms with Gasteiger partial charge in [0, 0.05) is 25.6 Å². The van der Waals surface area contributed by atoms with E-state index in [0.29, 0.717) is 6.42 Å². The molecule has 1 saturated heterocycles. The minimum Gasteiger partial charge on any atom is -0.453 e. The van der Waals surface area contributed by atoms with Crippen molar-refractivity contribution in [1.82, 2.24) is 10.2 Å². The molecular weight excluding hydrogens is 268 g/mol. The molecule has 0 aromatic carbocycles. The summed E-state index contributed by atoms with van der Waals surface area (Å²) in [6.45, 7) is 1.50. The summed E-state index contributed by atoms with van der Waals surface area (Å²) in [7, 11) is 1.37. The third kappa shape index (κ3) is 5.21. The molecular formula is C16H28N2O3. The number of methoxy groups -OCH3 is 1.